The van der Waals surface area contributed by atoms with E-state index in [1.165, 1.54) is 26.8 Å². The van der Waals surface area contributed by atoms with Crippen LogP contribution in [0.4, 0.5) is 0 Å². The summed E-state index contributed by atoms with van der Waals surface area (Å²) in [6.07, 6.45) is 0. The Balaban J connectivity index is 1.69. The average molecular weight is 658 g/mol. The molecule has 49 heavy (non-hydrogen) atoms. The first-order chi connectivity index (χ1) is 24.1. The van der Waals surface area contributed by atoms with Crippen molar-refractivity contribution in [3.05, 3.63) is 176 Å². The summed E-state index contributed by atoms with van der Waals surface area (Å²) in [6, 6.07) is 63.2. The molecule has 0 heterocycles. The molecule has 7 aromatic carbocycles. The summed E-state index contributed by atoms with van der Waals surface area (Å²) in [5, 5.41) is 5.14. The van der Waals surface area contributed by atoms with E-state index in [0.717, 1.165) is 45.1 Å². The third kappa shape index (κ3) is 6.10. The van der Waals surface area contributed by atoms with E-state index in [2.05, 4.69) is 152 Å². The third-order valence-corrected chi connectivity index (χ3v) is 13.4. The smallest absolute Gasteiger partial charge is 0.145 e. The average Bonchev–Trinajstić information content (AvgIpc) is 3.19. The highest BCUT2D eigenvalue weighted by molar-refractivity contribution is 8.01. The quantitative estimate of drug-likeness (QED) is 0.137. The molecule has 0 radical (unpaired) electrons. The van der Waals surface area contributed by atoms with Crippen LogP contribution in [-0.2, 0) is 0 Å². The number of hydrogen-bond acceptors (Lipinski definition) is 3. The van der Waals surface area contributed by atoms with Crippen molar-refractivity contribution in [2.45, 2.75) is 0 Å². The lowest BCUT2D eigenvalue weighted by molar-refractivity contribution is 0.414. The van der Waals surface area contributed by atoms with Gasteiger partial charge in [0.05, 0.1) is 21.3 Å². The minimum Gasteiger partial charge on any atom is -0.497 e. The number of ether oxygens (including phenoxy) is 3. The highest BCUT2D eigenvalue weighted by Gasteiger charge is 2.50. The Labute approximate surface area is 289 Å². The lowest BCUT2D eigenvalue weighted by atomic mass is 9.90. The normalized spacial score (nSPS) is 11.2. The molecule has 0 saturated heterocycles. The van der Waals surface area contributed by atoms with Crippen molar-refractivity contribution < 1.29 is 14.2 Å². The van der Waals surface area contributed by atoms with Gasteiger partial charge in [-0.2, -0.15) is 0 Å². The number of benzene rings is 7. The zero-order valence-corrected chi connectivity index (χ0v) is 28.8. The van der Waals surface area contributed by atoms with Gasteiger partial charge in [0.2, 0.25) is 0 Å². The topological polar surface area (TPSA) is 27.7 Å². The first-order valence-corrected chi connectivity index (χ1v) is 18.1. The predicted octanol–water partition coefficient (Wildman–Crippen LogP) is 9.33. The Morgan fingerprint density at radius 1 is 0.347 bits per heavy atom. The fourth-order valence-electron chi connectivity index (χ4n) is 6.72. The van der Waals surface area contributed by atoms with E-state index in [1.807, 2.05) is 24.3 Å². The van der Waals surface area contributed by atoms with Gasteiger partial charge in [-0.1, -0.05) is 91.0 Å². The van der Waals surface area contributed by atoms with Gasteiger partial charge in [-0.25, -0.2) is 0 Å². The van der Waals surface area contributed by atoms with Crippen LogP contribution in [0.1, 0.15) is 0 Å². The van der Waals surface area contributed by atoms with E-state index in [1.54, 1.807) is 21.3 Å². The maximum Gasteiger partial charge on any atom is 0.145 e. The second kappa shape index (κ2) is 14.2. The van der Waals surface area contributed by atoms with Crippen LogP contribution in [0, 0.1) is 0 Å². The van der Waals surface area contributed by atoms with Gasteiger partial charge in [0.25, 0.3) is 0 Å². The molecule has 0 fully saturated rings. The summed E-state index contributed by atoms with van der Waals surface area (Å²) in [4.78, 5) is 0. The Morgan fingerprint density at radius 2 is 0.714 bits per heavy atom. The van der Waals surface area contributed by atoms with E-state index in [0.29, 0.717) is 0 Å². The zero-order valence-electron chi connectivity index (χ0n) is 27.9. The van der Waals surface area contributed by atoms with Gasteiger partial charge in [0.15, 0.2) is 0 Å². The molecule has 0 amide bonds. The predicted molar refractivity (Wildman–Crippen MR) is 207 cm³/mol. The van der Waals surface area contributed by atoms with Gasteiger partial charge in [-0.15, -0.1) is 0 Å². The van der Waals surface area contributed by atoms with E-state index in [-0.39, 0.29) is 0 Å². The molecule has 0 unspecified atom stereocenters. The number of rotatable bonds is 10. The minimum absolute atomic E-state index is 0.820. The van der Waals surface area contributed by atoms with Crippen molar-refractivity contribution in [3.63, 3.8) is 0 Å². The van der Waals surface area contributed by atoms with Gasteiger partial charge in [-0.05, 0) is 113 Å². The van der Waals surface area contributed by atoms with Crippen molar-refractivity contribution in [2.24, 2.45) is 0 Å². The maximum atomic E-state index is 5.63. The van der Waals surface area contributed by atoms with Crippen LogP contribution in [0.15, 0.2) is 176 Å². The van der Waals surface area contributed by atoms with Crippen molar-refractivity contribution in [1.29, 1.82) is 0 Å². The molecule has 3 nitrogen and oxygen atoms in total. The Kier molecular flexibility index (Phi) is 9.28. The summed E-state index contributed by atoms with van der Waals surface area (Å²) < 4.78 is 16.8. The molecule has 0 aliphatic rings. The molecule has 0 bridgehead atoms. The summed E-state index contributed by atoms with van der Waals surface area (Å²) >= 11 is 0. The van der Waals surface area contributed by atoms with E-state index >= 15 is 0 Å². The van der Waals surface area contributed by atoms with Crippen LogP contribution in [0.25, 0.3) is 33.4 Å². The molecular weight excluding hydrogens is 619 g/mol. The summed E-state index contributed by atoms with van der Waals surface area (Å²) in [5.74, 6) is 2.47. The molecule has 0 spiro atoms. The van der Waals surface area contributed by atoms with Crippen LogP contribution in [-0.4, -0.2) is 21.3 Å². The molecule has 0 aromatic heterocycles. The standard InChI is InChI=1S/C45H38O3P/c1-46-37-25-19-33(20-26-37)36-31-43(34-21-27-38(47-2)28-22-34)45(35-23-29-39(48-3)30-24-35)44(32-36)49(40-13-7-4-8-14-40,41-15-9-5-10-16-41)42-17-11-6-12-18-42/h4-32H,1-3H3/q+1. The highest BCUT2D eigenvalue weighted by Crippen LogP contribution is 2.57. The molecule has 7 rings (SSSR count). The van der Waals surface area contributed by atoms with Gasteiger partial charge >= 0.3 is 0 Å². The largest absolute Gasteiger partial charge is 0.497 e. The minimum atomic E-state index is -2.53. The Morgan fingerprint density at radius 3 is 1.10 bits per heavy atom. The molecule has 4 heteroatoms. The molecule has 0 N–H and O–H groups in total. The van der Waals surface area contributed by atoms with Crippen molar-refractivity contribution >= 4 is 28.5 Å². The SMILES string of the molecule is COc1ccc(-c2cc(-c3ccc(OC)cc3)c(-c3ccc(OC)cc3)c([P+](c3ccccc3)(c3ccccc3)c3ccccc3)c2)cc1. The van der Waals surface area contributed by atoms with Crippen LogP contribution in [0.5, 0.6) is 17.2 Å². The first kappa shape index (κ1) is 31.9. The van der Waals surface area contributed by atoms with Crippen LogP contribution < -0.4 is 35.4 Å². The van der Waals surface area contributed by atoms with E-state index < -0.39 is 7.26 Å². The summed E-state index contributed by atoms with van der Waals surface area (Å²) in [7, 11) is 2.59. The van der Waals surface area contributed by atoms with Crippen molar-refractivity contribution in [3.8, 4) is 50.6 Å². The van der Waals surface area contributed by atoms with Crippen LogP contribution >= 0.6 is 7.26 Å². The fraction of sp³-hybridized carbons (Fsp3) is 0.0667. The summed E-state index contributed by atoms with van der Waals surface area (Å²) in [6.45, 7) is 0. The summed E-state index contributed by atoms with van der Waals surface area (Å²) in [5.41, 5.74) is 6.81. The Hall–Kier alpha value is -5.63. The number of methoxy groups -OCH3 is 3. The monoisotopic (exact) mass is 657 g/mol. The number of hydrogen-bond donors (Lipinski definition) is 0. The molecule has 7 aromatic rings. The molecule has 0 saturated carbocycles. The molecule has 0 aliphatic heterocycles. The lowest BCUT2D eigenvalue weighted by Crippen LogP contribution is -2.39. The second-order valence-electron chi connectivity index (χ2n) is 11.8. The van der Waals surface area contributed by atoms with Gasteiger partial charge < -0.3 is 14.2 Å². The van der Waals surface area contributed by atoms with E-state index in [4.69, 9.17) is 14.2 Å². The second-order valence-corrected chi connectivity index (χ2v) is 15.2. The highest BCUT2D eigenvalue weighted by atomic mass is 31.2. The fourth-order valence-corrected chi connectivity index (χ4v) is 11.2. The van der Waals surface area contributed by atoms with Crippen molar-refractivity contribution in [1.82, 2.24) is 0 Å². The van der Waals surface area contributed by atoms with Gasteiger partial charge in [-0.3, -0.25) is 0 Å². The molecule has 0 atom stereocenters. The van der Waals surface area contributed by atoms with Crippen LogP contribution in [0.3, 0.4) is 0 Å². The van der Waals surface area contributed by atoms with Crippen molar-refractivity contribution in [2.75, 3.05) is 21.3 Å². The lowest BCUT2D eigenvalue weighted by Gasteiger charge is -2.31. The molecule has 240 valence electrons. The Bertz CT molecular complexity index is 2030. The third-order valence-electron chi connectivity index (χ3n) is 9.11. The first-order valence-electron chi connectivity index (χ1n) is 16.3. The maximum absolute atomic E-state index is 5.63. The van der Waals surface area contributed by atoms with Gasteiger partial charge in [0.1, 0.15) is 45.7 Å². The molecule has 0 aliphatic carbocycles. The van der Waals surface area contributed by atoms with Crippen LogP contribution in [0.2, 0.25) is 0 Å². The molecular formula is C45H38O3P+. The van der Waals surface area contributed by atoms with Gasteiger partial charge in [0, 0.05) is 5.56 Å². The van der Waals surface area contributed by atoms with E-state index in [9.17, 15) is 0 Å². The zero-order chi connectivity index (χ0) is 33.6.